The minimum atomic E-state index is -0.0215. The number of methoxy groups -OCH3 is 1. The molecule has 2 N–H and O–H groups in total. The second kappa shape index (κ2) is 8.50. The van der Waals surface area contributed by atoms with Gasteiger partial charge in [-0.15, -0.1) is 0 Å². The summed E-state index contributed by atoms with van der Waals surface area (Å²) in [5, 5.41) is 0. The lowest BCUT2D eigenvalue weighted by Gasteiger charge is -2.21. The number of likely N-dealkylation sites (N-methyl/N-ethyl adjacent to an activating group) is 1. The smallest absolute Gasteiger partial charge is 0.248 e. The van der Waals surface area contributed by atoms with E-state index in [2.05, 4.69) is 0 Å². The number of hydrogen-bond donors (Lipinski definition) is 1. The van der Waals surface area contributed by atoms with Gasteiger partial charge in [-0.25, -0.2) is 0 Å². The van der Waals surface area contributed by atoms with Crippen molar-refractivity contribution in [3.05, 3.63) is 29.8 Å². The van der Waals surface area contributed by atoms with E-state index >= 15 is 0 Å². The molecule has 0 radical (unpaired) electrons. The van der Waals surface area contributed by atoms with Crippen LogP contribution in [0.3, 0.4) is 0 Å². The third-order valence-electron chi connectivity index (χ3n) is 2.75. The molecule has 0 aliphatic carbocycles. The summed E-state index contributed by atoms with van der Waals surface area (Å²) in [7, 11) is 1.63. The van der Waals surface area contributed by atoms with Gasteiger partial charge in [-0.3, -0.25) is 4.79 Å². The summed E-state index contributed by atoms with van der Waals surface area (Å²) in [6.07, 6.45) is 0. The SMILES string of the molecule is CCN(Cc1ccc(OC)cc1)C(=O)COCCN. The number of carbonyl (C=O) groups is 1. The number of ether oxygens (including phenoxy) is 2. The second-order valence-electron chi connectivity index (χ2n) is 4.10. The van der Waals surface area contributed by atoms with Crippen molar-refractivity contribution in [3.8, 4) is 5.75 Å². The summed E-state index contributed by atoms with van der Waals surface area (Å²) >= 11 is 0. The fourth-order valence-corrected chi connectivity index (χ4v) is 1.66. The molecule has 0 heterocycles. The first-order valence-corrected chi connectivity index (χ1v) is 6.39. The molecule has 1 rings (SSSR count). The van der Waals surface area contributed by atoms with Gasteiger partial charge in [-0.05, 0) is 24.6 Å². The molecular formula is C14H22N2O3. The number of benzene rings is 1. The van der Waals surface area contributed by atoms with Crippen LogP contribution in [0.5, 0.6) is 5.75 Å². The molecule has 1 aromatic carbocycles. The molecule has 1 amide bonds. The Labute approximate surface area is 114 Å². The topological polar surface area (TPSA) is 64.8 Å². The predicted octanol–water partition coefficient (Wildman–Crippen LogP) is 1.02. The van der Waals surface area contributed by atoms with Crippen molar-refractivity contribution in [1.29, 1.82) is 0 Å². The van der Waals surface area contributed by atoms with Crippen LogP contribution >= 0.6 is 0 Å². The molecule has 5 heteroatoms. The number of carbonyl (C=O) groups excluding carboxylic acids is 1. The molecule has 106 valence electrons. The van der Waals surface area contributed by atoms with Crippen LogP contribution in [-0.4, -0.2) is 44.2 Å². The summed E-state index contributed by atoms with van der Waals surface area (Å²) in [4.78, 5) is 13.7. The molecule has 0 aromatic heterocycles. The van der Waals surface area contributed by atoms with E-state index in [1.807, 2.05) is 31.2 Å². The highest BCUT2D eigenvalue weighted by atomic mass is 16.5. The second-order valence-corrected chi connectivity index (χ2v) is 4.10. The van der Waals surface area contributed by atoms with Crippen LogP contribution in [-0.2, 0) is 16.1 Å². The summed E-state index contributed by atoms with van der Waals surface area (Å²) < 4.78 is 10.3. The average Bonchev–Trinajstić information content (AvgIpc) is 2.45. The molecule has 19 heavy (non-hydrogen) atoms. The Balaban J connectivity index is 2.52. The van der Waals surface area contributed by atoms with Crippen molar-refractivity contribution < 1.29 is 14.3 Å². The Morgan fingerprint density at radius 2 is 2.00 bits per heavy atom. The van der Waals surface area contributed by atoms with Gasteiger partial charge in [-0.2, -0.15) is 0 Å². The van der Waals surface area contributed by atoms with Crippen molar-refractivity contribution in [3.63, 3.8) is 0 Å². The maximum absolute atomic E-state index is 11.9. The highest BCUT2D eigenvalue weighted by Gasteiger charge is 2.12. The molecule has 0 aliphatic rings. The fraction of sp³-hybridized carbons (Fsp3) is 0.500. The van der Waals surface area contributed by atoms with Crippen LogP contribution in [0.1, 0.15) is 12.5 Å². The van der Waals surface area contributed by atoms with Gasteiger partial charge in [0, 0.05) is 19.6 Å². The Bertz CT molecular complexity index is 379. The van der Waals surface area contributed by atoms with Crippen LogP contribution in [0.2, 0.25) is 0 Å². The number of nitrogens with two attached hydrogens (primary N) is 1. The lowest BCUT2D eigenvalue weighted by molar-refractivity contribution is -0.136. The number of hydrogen-bond acceptors (Lipinski definition) is 4. The highest BCUT2D eigenvalue weighted by molar-refractivity contribution is 5.77. The van der Waals surface area contributed by atoms with E-state index in [9.17, 15) is 4.79 Å². The quantitative estimate of drug-likeness (QED) is 0.713. The molecule has 0 saturated heterocycles. The largest absolute Gasteiger partial charge is 0.497 e. The van der Waals surface area contributed by atoms with Crippen molar-refractivity contribution >= 4 is 5.91 Å². The normalized spacial score (nSPS) is 10.3. The molecule has 1 aromatic rings. The van der Waals surface area contributed by atoms with E-state index in [-0.39, 0.29) is 12.5 Å². The van der Waals surface area contributed by atoms with Gasteiger partial charge in [0.2, 0.25) is 5.91 Å². The summed E-state index contributed by atoms with van der Waals surface area (Å²) in [5.41, 5.74) is 6.38. The van der Waals surface area contributed by atoms with Crippen molar-refractivity contribution in [2.75, 3.05) is 33.4 Å². The van der Waals surface area contributed by atoms with E-state index in [0.717, 1.165) is 11.3 Å². The van der Waals surface area contributed by atoms with Gasteiger partial charge in [0.1, 0.15) is 12.4 Å². The van der Waals surface area contributed by atoms with Crippen LogP contribution in [0, 0.1) is 0 Å². The Hall–Kier alpha value is -1.59. The molecule has 0 saturated carbocycles. The summed E-state index contributed by atoms with van der Waals surface area (Å²) in [6.45, 7) is 4.09. The molecule has 0 unspecified atom stereocenters. The van der Waals surface area contributed by atoms with Gasteiger partial charge >= 0.3 is 0 Å². The minimum absolute atomic E-state index is 0.0215. The average molecular weight is 266 g/mol. The van der Waals surface area contributed by atoms with Crippen LogP contribution in [0.4, 0.5) is 0 Å². The fourth-order valence-electron chi connectivity index (χ4n) is 1.66. The van der Waals surface area contributed by atoms with Crippen LogP contribution < -0.4 is 10.5 Å². The summed E-state index contributed by atoms with van der Waals surface area (Å²) in [5.74, 6) is 0.788. The highest BCUT2D eigenvalue weighted by Crippen LogP contribution is 2.13. The maximum Gasteiger partial charge on any atom is 0.248 e. The van der Waals surface area contributed by atoms with Crippen molar-refractivity contribution in [2.45, 2.75) is 13.5 Å². The third-order valence-corrected chi connectivity index (χ3v) is 2.75. The lowest BCUT2D eigenvalue weighted by Crippen LogP contribution is -2.33. The third kappa shape index (κ3) is 5.28. The monoisotopic (exact) mass is 266 g/mol. The van der Waals surface area contributed by atoms with Crippen LogP contribution in [0.15, 0.2) is 24.3 Å². The minimum Gasteiger partial charge on any atom is -0.497 e. The van der Waals surface area contributed by atoms with E-state index in [1.54, 1.807) is 12.0 Å². The van der Waals surface area contributed by atoms with Gasteiger partial charge in [-0.1, -0.05) is 12.1 Å². The van der Waals surface area contributed by atoms with Gasteiger partial charge in [0.15, 0.2) is 0 Å². The van der Waals surface area contributed by atoms with E-state index in [0.29, 0.717) is 26.2 Å². The predicted molar refractivity (Wildman–Crippen MR) is 74.0 cm³/mol. The Morgan fingerprint density at radius 1 is 1.32 bits per heavy atom. The van der Waals surface area contributed by atoms with Gasteiger partial charge in [0.05, 0.1) is 13.7 Å². The lowest BCUT2D eigenvalue weighted by atomic mass is 10.2. The first kappa shape index (κ1) is 15.5. The van der Waals surface area contributed by atoms with E-state index in [4.69, 9.17) is 15.2 Å². The number of nitrogens with zero attached hydrogens (tertiary/aromatic N) is 1. The first-order chi connectivity index (χ1) is 9.21. The first-order valence-electron chi connectivity index (χ1n) is 6.39. The Morgan fingerprint density at radius 3 is 2.53 bits per heavy atom. The van der Waals surface area contributed by atoms with Gasteiger partial charge < -0.3 is 20.1 Å². The van der Waals surface area contributed by atoms with Crippen LogP contribution in [0.25, 0.3) is 0 Å². The molecule has 0 fully saturated rings. The maximum atomic E-state index is 11.9. The summed E-state index contributed by atoms with van der Waals surface area (Å²) in [6, 6.07) is 7.68. The molecular weight excluding hydrogens is 244 g/mol. The molecule has 5 nitrogen and oxygen atoms in total. The zero-order chi connectivity index (χ0) is 14.1. The zero-order valence-electron chi connectivity index (χ0n) is 11.6. The van der Waals surface area contributed by atoms with Gasteiger partial charge in [0.25, 0.3) is 0 Å². The number of amides is 1. The standard InChI is InChI=1S/C14H22N2O3/c1-3-16(14(17)11-19-9-8-15)10-12-4-6-13(18-2)7-5-12/h4-7H,3,8-11,15H2,1-2H3. The van der Waals surface area contributed by atoms with E-state index in [1.165, 1.54) is 0 Å². The van der Waals surface area contributed by atoms with Crippen molar-refractivity contribution in [1.82, 2.24) is 4.90 Å². The zero-order valence-corrected chi connectivity index (χ0v) is 11.6. The molecule has 0 spiro atoms. The molecule has 0 bridgehead atoms. The molecule has 0 atom stereocenters. The Kier molecular flexibility index (Phi) is 6.92. The van der Waals surface area contributed by atoms with Crippen molar-refractivity contribution in [2.24, 2.45) is 5.73 Å². The number of rotatable bonds is 8. The molecule has 0 aliphatic heterocycles. The van der Waals surface area contributed by atoms with E-state index < -0.39 is 0 Å².